The van der Waals surface area contributed by atoms with Crippen molar-refractivity contribution in [2.24, 2.45) is 5.73 Å². The summed E-state index contributed by atoms with van der Waals surface area (Å²) in [7, 11) is 0. The number of hydrogen-bond donors (Lipinski definition) is 2. The molecule has 104 valence electrons. The van der Waals surface area contributed by atoms with Gasteiger partial charge in [0.1, 0.15) is 0 Å². The lowest BCUT2D eigenvalue weighted by Crippen LogP contribution is -2.48. The smallest absolute Gasteiger partial charge is 0.269 e. The predicted octanol–water partition coefficient (Wildman–Crippen LogP) is 2.36. The summed E-state index contributed by atoms with van der Waals surface area (Å²) in [6.07, 6.45) is 1.38. The average Bonchev–Trinajstić information content (AvgIpc) is 2.31. The number of aryl methyl sites for hydroxylation is 1. The van der Waals surface area contributed by atoms with Crippen LogP contribution in [0.5, 0.6) is 0 Å². The van der Waals surface area contributed by atoms with Gasteiger partial charge in [-0.15, -0.1) is 0 Å². The number of anilines is 1. The number of nitrogens with one attached hydrogen (secondary N) is 1. The topological polar surface area (TPSA) is 98.3 Å². The van der Waals surface area contributed by atoms with Crippen molar-refractivity contribution in [2.75, 3.05) is 5.32 Å². The standard InChI is InChI=1S/C13H19N3O3/c1-4-7-13(3,14)12(17)15-11-6-5-10(16(18)19)8-9(11)2/h5-6,8H,4,7,14H2,1-3H3,(H,15,17). The summed E-state index contributed by atoms with van der Waals surface area (Å²) >= 11 is 0. The summed E-state index contributed by atoms with van der Waals surface area (Å²) in [5.74, 6) is -0.286. The van der Waals surface area contributed by atoms with Crippen LogP contribution in [-0.4, -0.2) is 16.4 Å². The fourth-order valence-corrected chi connectivity index (χ4v) is 1.80. The summed E-state index contributed by atoms with van der Waals surface area (Å²) in [5, 5.41) is 13.3. The Hall–Kier alpha value is -1.95. The minimum Gasteiger partial charge on any atom is -0.324 e. The Labute approximate surface area is 112 Å². The zero-order valence-corrected chi connectivity index (χ0v) is 11.4. The Balaban J connectivity index is 2.89. The third-order valence-corrected chi connectivity index (χ3v) is 2.96. The van der Waals surface area contributed by atoms with Crippen molar-refractivity contribution in [3.8, 4) is 0 Å². The maximum Gasteiger partial charge on any atom is 0.269 e. The van der Waals surface area contributed by atoms with Crippen LogP contribution in [0.4, 0.5) is 11.4 Å². The van der Waals surface area contributed by atoms with E-state index in [2.05, 4.69) is 5.32 Å². The fourth-order valence-electron chi connectivity index (χ4n) is 1.80. The van der Waals surface area contributed by atoms with E-state index >= 15 is 0 Å². The van der Waals surface area contributed by atoms with E-state index < -0.39 is 10.5 Å². The molecule has 1 amide bonds. The van der Waals surface area contributed by atoms with E-state index in [0.717, 1.165) is 6.42 Å². The Kier molecular flexibility index (Phi) is 4.61. The molecule has 0 heterocycles. The Morgan fingerprint density at radius 3 is 2.63 bits per heavy atom. The molecule has 0 saturated heterocycles. The number of benzene rings is 1. The molecule has 0 aliphatic rings. The third-order valence-electron chi connectivity index (χ3n) is 2.96. The van der Waals surface area contributed by atoms with E-state index in [1.165, 1.54) is 18.2 Å². The molecule has 19 heavy (non-hydrogen) atoms. The maximum absolute atomic E-state index is 12.0. The van der Waals surface area contributed by atoms with Crippen LogP contribution in [0.2, 0.25) is 0 Å². The van der Waals surface area contributed by atoms with Gasteiger partial charge in [0.25, 0.3) is 5.69 Å². The molecule has 0 fully saturated rings. The highest BCUT2D eigenvalue weighted by Crippen LogP contribution is 2.22. The molecule has 0 aliphatic carbocycles. The van der Waals surface area contributed by atoms with Crippen molar-refractivity contribution in [3.05, 3.63) is 33.9 Å². The minimum atomic E-state index is -0.942. The van der Waals surface area contributed by atoms with Crippen molar-refractivity contribution in [3.63, 3.8) is 0 Å². The van der Waals surface area contributed by atoms with Crippen LogP contribution in [0.3, 0.4) is 0 Å². The number of rotatable bonds is 5. The van der Waals surface area contributed by atoms with Crippen LogP contribution in [0, 0.1) is 17.0 Å². The van der Waals surface area contributed by atoms with Crippen LogP contribution in [0.25, 0.3) is 0 Å². The van der Waals surface area contributed by atoms with Gasteiger partial charge in [0.2, 0.25) is 5.91 Å². The zero-order chi connectivity index (χ0) is 14.6. The number of hydrogen-bond acceptors (Lipinski definition) is 4. The Bertz CT molecular complexity index is 498. The van der Waals surface area contributed by atoms with Gasteiger partial charge < -0.3 is 11.1 Å². The molecule has 1 unspecified atom stereocenters. The number of carbonyl (C=O) groups excluding carboxylic acids is 1. The highest BCUT2D eigenvalue weighted by molar-refractivity contribution is 5.98. The van der Waals surface area contributed by atoms with Gasteiger partial charge in [-0.1, -0.05) is 13.3 Å². The van der Waals surface area contributed by atoms with E-state index in [1.54, 1.807) is 13.8 Å². The first kappa shape index (κ1) is 15.1. The third kappa shape index (κ3) is 3.75. The lowest BCUT2D eigenvalue weighted by atomic mass is 9.96. The monoisotopic (exact) mass is 265 g/mol. The first-order chi connectivity index (χ1) is 8.77. The Morgan fingerprint density at radius 1 is 1.53 bits per heavy atom. The molecule has 1 atom stereocenters. The number of carbonyl (C=O) groups is 1. The summed E-state index contributed by atoms with van der Waals surface area (Å²) in [5.41, 5.74) is 6.16. The van der Waals surface area contributed by atoms with Gasteiger partial charge in [-0.2, -0.15) is 0 Å². The molecule has 0 saturated carbocycles. The number of non-ortho nitro benzene ring substituents is 1. The van der Waals surface area contributed by atoms with Crippen molar-refractivity contribution in [2.45, 2.75) is 39.2 Å². The van der Waals surface area contributed by atoms with Crippen LogP contribution < -0.4 is 11.1 Å². The second-order valence-corrected chi connectivity index (χ2v) is 4.88. The van der Waals surface area contributed by atoms with E-state index in [1.807, 2.05) is 6.92 Å². The molecule has 0 bridgehead atoms. The quantitative estimate of drug-likeness (QED) is 0.630. The van der Waals surface area contributed by atoms with Gasteiger partial charge in [-0.3, -0.25) is 14.9 Å². The van der Waals surface area contributed by atoms with Gasteiger partial charge in [-0.05, 0) is 31.9 Å². The molecule has 0 aromatic heterocycles. The summed E-state index contributed by atoms with van der Waals surface area (Å²) in [6.45, 7) is 5.33. The van der Waals surface area contributed by atoms with Gasteiger partial charge in [0.05, 0.1) is 10.5 Å². The van der Waals surface area contributed by atoms with E-state index in [-0.39, 0.29) is 11.6 Å². The predicted molar refractivity (Wildman–Crippen MR) is 74.0 cm³/mol. The molecule has 1 rings (SSSR count). The SMILES string of the molecule is CCCC(C)(N)C(=O)Nc1ccc([N+](=O)[O-])cc1C. The van der Waals surface area contributed by atoms with E-state index in [9.17, 15) is 14.9 Å². The van der Waals surface area contributed by atoms with Gasteiger partial charge in [0.15, 0.2) is 0 Å². The highest BCUT2D eigenvalue weighted by atomic mass is 16.6. The van der Waals surface area contributed by atoms with Crippen LogP contribution in [0.1, 0.15) is 32.3 Å². The lowest BCUT2D eigenvalue weighted by Gasteiger charge is -2.23. The van der Waals surface area contributed by atoms with Crippen molar-refractivity contribution in [1.82, 2.24) is 0 Å². The van der Waals surface area contributed by atoms with E-state index in [4.69, 9.17) is 5.73 Å². The molecule has 6 heteroatoms. The lowest BCUT2D eigenvalue weighted by molar-refractivity contribution is -0.384. The zero-order valence-electron chi connectivity index (χ0n) is 11.4. The molecule has 3 N–H and O–H groups in total. The summed E-state index contributed by atoms with van der Waals surface area (Å²) < 4.78 is 0. The minimum absolute atomic E-state index is 0.000401. The number of nitro benzene ring substituents is 1. The van der Waals surface area contributed by atoms with Crippen LogP contribution >= 0.6 is 0 Å². The number of nitro groups is 1. The van der Waals surface area contributed by atoms with Gasteiger partial charge in [-0.25, -0.2) is 0 Å². The molecular formula is C13H19N3O3. The highest BCUT2D eigenvalue weighted by Gasteiger charge is 2.27. The molecule has 1 aromatic carbocycles. The average molecular weight is 265 g/mol. The van der Waals surface area contributed by atoms with Gasteiger partial charge >= 0.3 is 0 Å². The summed E-state index contributed by atoms with van der Waals surface area (Å²) in [4.78, 5) is 22.2. The van der Waals surface area contributed by atoms with Gasteiger partial charge in [0, 0.05) is 17.8 Å². The number of nitrogens with zero attached hydrogens (tertiary/aromatic N) is 1. The van der Waals surface area contributed by atoms with E-state index in [0.29, 0.717) is 17.7 Å². The molecule has 0 aliphatic heterocycles. The molecular weight excluding hydrogens is 246 g/mol. The number of amides is 1. The largest absolute Gasteiger partial charge is 0.324 e. The van der Waals surface area contributed by atoms with Crippen molar-refractivity contribution in [1.29, 1.82) is 0 Å². The molecule has 1 aromatic rings. The summed E-state index contributed by atoms with van der Waals surface area (Å²) in [6, 6.07) is 4.30. The van der Waals surface area contributed by atoms with Crippen LogP contribution in [-0.2, 0) is 4.79 Å². The first-order valence-corrected chi connectivity index (χ1v) is 6.13. The maximum atomic E-state index is 12.0. The van der Waals surface area contributed by atoms with Crippen LogP contribution in [0.15, 0.2) is 18.2 Å². The normalized spacial score (nSPS) is 13.7. The first-order valence-electron chi connectivity index (χ1n) is 6.13. The number of nitrogens with two attached hydrogens (primary N) is 1. The van der Waals surface area contributed by atoms with Crippen molar-refractivity contribution < 1.29 is 9.72 Å². The second-order valence-electron chi connectivity index (χ2n) is 4.88. The second kappa shape index (κ2) is 5.79. The molecule has 0 radical (unpaired) electrons. The Morgan fingerprint density at radius 2 is 2.16 bits per heavy atom. The fraction of sp³-hybridized carbons (Fsp3) is 0.462. The molecule has 6 nitrogen and oxygen atoms in total. The molecule has 0 spiro atoms. The van der Waals surface area contributed by atoms with Crippen molar-refractivity contribution >= 4 is 17.3 Å².